The fourth-order valence-corrected chi connectivity index (χ4v) is 1.46. The predicted octanol–water partition coefficient (Wildman–Crippen LogP) is 1.07. The fourth-order valence-electron chi connectivity index (χ4n) is 1.46. The molecule has 0 aliphatic carbocycles. The van der Waals surface area contributed by atoms with Crippen molar-refractivity contribution < 1.29 is 14.7 Å². The van der Waals surface area contributed by atoms with Crippen LogP contribution in [0.2, 0.25) is 0 Å². The Kier molecular flexibility index (Phi) is 5.13. The lowest BCUT2D eigenvalue weighted by Gasteiger charge is -2.40. The van der Waals surface area contributed by atoms with Gasteiger partial charge >= 0.3 is 5.97 Å². The molecule has 1 unspecified atom stereocenters. The van der Waals surface area contributed by atoms with Crippen molar-refractivity contribution >= 4 is 11.9 Å². The van der Waals surface area contributed by atoms with Crippen molar-refractivity contribution in [1.29, 1.82) is 0 Å². The predicted molar refractivity (Wildman–Crippen MR) is 66.6 cm³/mol. The lowest BCUT2D eigenvalue weighted by Crippen LogP contribution is -2.55. The molecular formula is C12H24N2O3. The van der Waals surface area contributed by atoms with Crippen molar-refractivity contribution in [3.05, 3.63) is 0 Å². The van der Waals surface area contributed by atoms with Crippen molar-refractivity contribution in [2.45, 2.75) is 46.6 Å². The van der Waals surface area contributed by atoms with Gasteiger partial charge in [0.05, 0.1) is 5.41 Å². The van der Waals surface area contributed by atoms with Gasteiger partial charge in [0.1, 0.15) is 6.54 Å². The summed E-state index contributed by atoms with van der Waals surface area (Å²) in [6.45, 7) is 9.04. The maximum Gasteiger partial charge on any atom is 0.323 e. The van der Waals surface area contributed by atoms with Crippen LogP contribution in [0.1, 0.15) is 41.0 Å². The number of carboxylic acid groups (broad SMARTS) is 1. The number of nitrogens with zero attached hydrogens (tertiary/aromatic N) is 1. The van der Waals surface area contributed by atoms with Gasteiger partial charge in [-0.1, -0.05) is 6.92 Å². The third kappa shape index (κ3) is 4.00. The van der Waals surface area contributed by atoms with E-state index in [1.165, 1.54) is 4.90 Å². The molecule has 5 heteroatoms. The van der Waals surface area contributed by atoms with Gasteiger partial charge in [-0.3, -0.25) is 9.59 Å². The Morgan fingerprint density at radius 3 is 1.94 bits per heavy atom. The fraction of sp³-hybridized carbons (Fsp3) is 0.833. The molecule has 0 aromatic heterocycles. The second-order valence-corrected chi connectivity index (χ2v) is 5.57. The Morgan fingerprint density at radius 2 is 1.71 bits per heavy atom. The summed E-state index contributed by atoms with van der Waals surface area (Å²) < 4.78 is 0. The summed E-state index contributed by atoms with van der Waals surface area (Å²) in [5, 5.41) is 8.88. The number of rotatable bonds is 5. The summed E-state index contributed by atoms with van der Waals surface area (Å²) in [7, 11) is 0. The number of hydrogen-bond donors (Lipinski definition) is 2. The molecule has 0 rings (SSSR count). The third-order valence-electron chi connectivity index (χ3n) is 3.10. The Hall–Kier alpha value is -1.10. The first kappa shape index (κ1) is 15.9. The van der Waals surface area contributed by atoms with Crippen LogP contribution in [-0.4, -0.2) is 40.5 Å². The Balaban J connectivity index is 5.20. The highest BCUT2D eigenvalue weighted by Crippen LogP contribution is 2.26. The number of aliphatic carboxylic acids is 1. The standard InChI is InChI=1S/C12H24N2O3/c1-6-12(5,8-13)10(17)14(7-9(15)16)11(2,3)4/h6-8,13H2,1-5H3,(H,15,16). The van der Waals surface area contributed by atoms with Gasteiger partial charge in [-0.2, -0.15) is 0 Å². The minimum absolute atomic E-state index is 0.197. The van der Waals surface area contributed by atoms with Crippen molar-refractivity contribution in [2.75, 3.05) is 13.1 Å². The van der Waals surface area contributed by atoms with Gasteiger partial charge in [-0.15, -0.1) is 0 Å². The maximum absolute atomic E-state index is 12.4. The monoisotopic (exact) mass is 244 g/mol. The highest BCUT2D eigenvalue weighted by molar-refractivity contribution is 5.86. The zero-order valence-electron chi connectivity index (χ0n) is 11.4. The average molecular weight is 244 g/mol. The van der Waals surface area contributed by atoms with Crippen LogP contribution in [0, 0.1) is 5.41 Å². The number of carbonyl (C=O) groups excluding carboxylic acids is 1. The van der Waals surface area contributed by atoms with Gasteiger partial charge in [-0.25, -0.2) is 0 Å². The SMILES string of the molecule is CCC(C)(CN)C(=O)N(CC(=O)O)C(C)(C)C. The number of carboxylic acids is 1. The van der Waals surface area contributed by atoms with Gasteiger partial charge in [0.15, 0.2) is 0 Å². The van der Waals surface area contributed by atoms with Gasteiger partial charge < -0.3 is 15.7 Å². The van der Waals surface area contributed by atoms with Crippen LogP contribution in [-0.2, 0) is 9.59 Å². The molecule has 1 amide bonds. The van der Waals surface area contributed by atoms with E-state index >= 15 is 0 Å². The first-order valence-electron chi connectivity index (χ1n) is 5.82. The highest BCUT2D eigenvalue weighted by Gasteiger charge is 2.39. The third-order valence-corrected chi connectivity index (χ3v) is 3.10. The van der Waals surface area contributed by atoms with Gasteiger partial charge in [0, 0.05) is 12.1 Å². The lowest BCUT2D eigenvalue weighted by atomic mass is 9.84. The van der Waals surface area contributed by atoms with E-state index in [2.05, 4.69) is 0 Å². The second kappa shape index (κ2) is 5.49. The minimum Gasteiger partial charge on any atom is -0.480 e. The van der Waals surface area contributed by atoms with Crippen LogP contribution in [0.15, 0.2) is 0 Å². The molecular weight excluding hydrogens is 220 g/mol. The molecule has 0 radical (unpaired) electrons. The molecule has 0 aromatic rings. The van der Waals surface area contributed by atoms with Crippen LogP contribution in [0.5, 0.6) is 0 Å². The Bertz CT molecular complexity index is 291. The van der Waals surface area contributed by atoms with E-state index in [1.807, 2.05) is 27.7 Å². The summed E-state index contributed by atoms with van der Waals surface area (Å²) in [5.74, 6) is -1.21. The molecule has 0 aliphatic rings. The Labute approximate surface area is 103 Å². The molecule has 1 atom stereocenters. The van der Waals surface area contributed by atoms with E-state index in [0.717, 1.165) is 0 Å². The van der Waals surface area contributed by atoms with Crippen LogP contribution in [0.4, 0.5) is 0 Å². The smallest absolute Gasteiger partial charge is 0.323 e. The van der Waals surface area contributed by atoms with E-state index < -0.39 is 16.9 Å². The molecule has 0 spiro atoms. The second-order valence-electron chi connectivity index (χ2n) is 5.57. The van der Waals surface area contributed by atoms with Gasteiger partial charge in [0.25, 0.3) is 0 Å². The Morgan fingerprint density at radius 1 is 1.24 bits per heavy atom. The molecule has 0 saturated heterocycles. The normalized spacial score (nSPS) is 15.2. The molecule has 0 aromatic carbocycles. The van der Waals surface area contributed by atoms with Crippen LogP contribution < -0.4 is 5.73 Å². The zero-order valence-corrected chi connectivity index (χ0v) is 11.4. The molecule has 0 fully saturated rings. The molecule has 0 bridgehead atoms. The van der Waals surface area contributed by atoms with Crippen molar-refractivity contribution in [1.82, 2.24) is 4.90 Å². The molecule has 0 saturated carbocycles. The largest absolute Gasteiger partial charge is 0.480 e. The number of hydrogen-bond acceptors (Lipinski definition) is 3. The first-order valence-corrected chi connectivity index (χ1v) is 5.82. The number of carbonyl (C=O) groups is 2. The van der Waals surface area contributed by atoms with Gasteiger partial charge in [-0.05, 0) is 34.1 Å². The summed E-state index contributed by atoms with van der Waals surface area (Å²) in [5.41, 5.74) is 4.42. The lowest BCUT2D eigenvalue weighted by molar-refractivity contribution is -0.154. The minimum atomic E-state index is -1.01. The van der Waals surface area contributed by atoms with E-state index in [0.29, 0.717) is 6.42 Å². The van der Waals surface area contributed by atoms with Gasteiger partial charge in [0.2, 0.25) is 5.91 Å². The van der Waals surface area contributed by atoms with E-state index in [-0.39, 0.29) is 19.0 Å². The van der Waals surface area contributed by atoms with Crippen molar-refractivity contribution in [3.8, 4) is 0 Å². The van der Waals surface area contributed by atoms with Crippen molar-refractivity contribution in [2.24, 2.45) is 11.1 Å². The molecule has 100 valence electrons. The molecule has 17 heavy (non-hydrogen) atoms. The van der Waals surface area contributed by atoms with Crippen LogP contribution in [0.3, 0.4) is 0 Å². The number of nitrogens with two attached hydrogens (primary N) is 1. The average Bonchev–Trinajstić information content (AvgIpc) is 2.22. The molecule has 0 heterocycles. The van der Waals surface area contributed by atoms with E-state index in [4.69, 9.17) is 10.8 Å². The first-order chi connectivity index (χ1) is 7.58. The topological polar surface area (TPSA) is 83.6 Å². The zero-order chi connectivity index (χ0) is 13.9. The molecule has 5 nitrogen and oxygen atoms in total. The summed E-state index contributed by atoms with van der Waals surface area (Å²) in [4.78, 5) is 24.6. The van der Waals surface area contributed by atoms with Crippen LogP contribution >= 0.6 is 0 Å². The quantitative estimate of drug-likeness (QED) is 0.757. The molecule has 3 N–H and O–H groups in total. The van der Waals surface area contributed by atoms with Crippen LogP contribution in [0.25, 0.3) is 0 Å². The van der Waals surface area contributed by atoms with Crippen molar-refractivity contribution in [3.63, 3.8) is 0 Å². The van der Waals surface area contributed by atoms with E-state index in [9.17, 15) is 9.59 Å². The summed E-state index contributed by atoms with van der Waals surface area (Å²) in [6, 6.07) is 0. The maximum atomic E-state index is 12.4. The summed E-state index contributed by atoms with van der Waals surface area (Å²) in [6.07, 6.45) is 0.592. The van der Waals surface area contributed by atoms with E-state index in [1.54, 1.807) is 6.92 Å². The number of amides is 1. The molecule has 0 aliphatic heterocycles. The highest BCUT2D eigenvalue weighted by atomic mass is 16.4. The summed E-state index contributed by atoms with van der Waals surface area (Å²) >= 11 is 0.